The highest BCUT2D eigenvalue weighted by Gasteiger charge is 2.07. The van der Waals surface area contributed by atoms with Crippen molar-refractivity contribution in [2.75, 3.05) is 7.11 Å². The minimum atomic E-state index is -0.598. The Labute approximate surface area is 109 Å². The first-order valence-corrected chi connectivity index (χ1v) is 5.63. The topological polar surface area (TPSA) is 31.4 Å². The van der Waals surface area contributed by atoms with E-state index in [0.29, 0.717) is 12.4 Å². The van der Waals surface area contributed by atoms with E-state index in [1.165, 1.54) is 6.20 Å². The summed E-state index contributed by atoms with van der Waals surface area (Å²) in [5.41, 5.74) is 0.935. The molecule has 0 bridgehead atoms. The Morgan fingerprint density at radius 3 is 2.89 bits per heavy atom. The number of halogens is 2. The molecule has 0 aliphatic heterocycles. The van der Waals surface area contributed by atoms with Crippen molar-refractivity contribution in [1.82, 2.24) is 4.98 Å². The van der Waals surface area contributed by atoms with Crippen molar-refractivity contribution in [1.29, 1.82) is 0 Å². The minimum Gasteiger partial charge on any atom is -0.436 e. The van der Waals surface area contributed by atoms with Crippen LogP contribution in [0.1, 0.15) is 5.56 Å². The average molecular weight is 268 g/mol. The molecule has 0 radical (unpaired) electrons. The molecule has 0 atom stereocenters. The Bertz CT molecular complexity index is 548. The van der Waals surface area contributed by atoms with E-state index >= 15 is 0 Å². The summed E-state index contributed by atoms with van der Waals surface area (Å²) in [6.45, 7) is 0.466. The molecule has 18 heavy (non-hydrogen) atoms. The highest BCUT2D eigenvalue weighted by Crippen LogP contribution is 2.24. The summed E-state index contributed by atoms with van der Waals surface area (Å²) in [6.07, 6.45) is 1.33. The van der Waals surface area contributed by atoms with Crippen LogP contribution < -0.4 is 4.74 Å². The van der Waals surface area contributed by atoms with Gasteiger partial charge in [-0.25, -0.2) is 9.37 Å². The Morgan fingerprint density at radius 1 is 1.33 bits per heavy atom. The first kappa shape index (κ1) is 12.8. The number of methoxy groups -OCH3 is 1. The van der Waals surface area contributed by atoms with Gasteiger partial charge in [-0.2, -0.15) is 0 Å². The summed E-state index contributed by atoms with van der Waals surface area (Å²) in [4.78, 5) is 3.79. The molecule has 1 heterocycles. The lowest BCUT2D eigenvalue weighted by Crippen LogP contribution is -1.93. The van der Waals surface area contributed by atoms with E-state index < -0.39 is 5.82 Å². The summed E-state index contributed by atoms with van der Waals surface area (Å²) in [6, 6.07) is 8.33. The molecule has 0 N–H and O–H groups in total. The van der Waals surface area contributed by atoms with Gasteiger partial charge in [-0.3, -0.25) is 0 Å². The van der Waals surface area contributed by atoms with Crippen LogP contribution in [-0.2, 0) is 11.3 Å². The van der Waals surface area contributed by atoms with Crippen LogP contribution in [0.25, 0.3) is 0 Å². The second kappa shape index (κ2) is 5.80. The van der Waals surface area contributed by atoms with Gasteiger partial charge < -0.3 is 9.47 Å². The van der Waals surface area contributed by atoms with Gasteiger partial charge in [0.05, 0.1) is 11.6 Å². The fraction of sp³-hybridized carbons (Fsp3) is 0.154. The number of ether oxygens (including phenoxy) is 2. The smallest absolute Gasteiger partial charge is 0.255 e. The third kappa shape index (κ3) is 3.18. The van der Waals surface area contributed by atoms with Crippen molar-refractivity contribution in [3.05, 3.63) is 52.9 Å². The first-order chi connectivity index (χ1) is 8.69. The summed E-state index contributed by atoms with van der Waals surface area (Å²) in [7, 11) is 1.61. The molecule has 0 unspecified atom stereocenters. The zero-order valence-corrected chi connectivity index (χ0v) is 10.4. The highest BCUT2D eigenvalue weighted by molar-refractivity contribution is 6.30. The van der Waals surface area contributed by atoms with E-state index in [-0.39, 0.29) is 10.9 Å². The molecule has 1 aromatic heterocycles. The van der Waals surface area contributed by atoms with E-state index in [2.05, 4.69) is 4.98 Å². The summed E-state index contributed by atoms with van der Waals surface area (Å²) in [5, 5.41) is 0.230. The van der Waals surface area contributed by atoms with Crippen molar-refractivity contribution < 1.29 is 13.9 Å². The monoisotopic (exact) mass is 267 g/mol. The fourth-order valence-corrected chi connectivity index (χ4v) is 1.60. The molecule has 0 aliphatic rings. The quantitative estimate of drug-likeness (QED) is 0.844. The van der Waals surface area contributed by atoms with Crippen LogP contribution in [0.15, 0.2) is 36.5 Å². The summed E-state index contributed by atoms with van der Waals surface area (Å²) in [5.74, 6) is -0.202. The van der Waals surface area contributed by atoms with Gasteiger partial charge in [0.2, 0.25) is 0 Å². The lowest BCUT2D eigenvalue weighted by atomic mass is 10.2. The maximum atomic E-state index is 13.5. The molecule has 5 heteroatoms. The SMILES string of the molecule is COCc1cccc(Oc2ncc(Cl)cc2F)c1. The van der Waals surface area contributed by atoms with E-state index in [4.69, 9.17) is 21.1 Å². The van der Waals surface area contributed by atoms with Gasteiger partial charge in [0.15, 0.2) is 5.82 Å². The van der Waals surface area contributed by atoms with Gasteiger partial charge in [-0.15, -0.1) is 0 Å². The molecule has 2 aromatic rings. The van der Waals surface area contributed by atoms with E-state index in [1.54, 1.807) is 25.3 Å². The summed E-state index contributed by atoms with van der Waals surface area (Å²) < 4.78 is 23.8. The number of benzene rings is 1. The Balaban J connectivity index is 2.20. The Hall–Kier alpha value is -1.65. The Morgan fingerprint density at radius 2 is 2.17 bits per heavy atom. The third-order valence-corrected chi connectivity index (χ3v) is 2.40. The highest BCUT2D eigenvalue weighted by atomic mass is 35.5. The Kier molecular flexibility index (Phi) is 4.12. The van der Waals surface area contributed by atoms with E-state index in [1.807, 2.05) is 6.07 Å². The minimum absolute atomic E-state index is 0.103. The first-order valence-electron chi connectivity index (χ1n) is 5.26. The zero-order valence-electron chi connectivity index (χ0n) is 9.69. The molecular weight excluding hydrogens is 257 g/mol. The van der Waals surface area contributed by atoms with Crippen molar-refractivity contribution in [2.24, 2.45) is 0 Å². The second-order valence-corrected chi connectivity index (χ2v) is 4.06. The van der Waals surface area contributed by atoms with Crippen molar-refractivity contribution in [2.45, 2.75) is 6.61 Å². The van der Waals surface area contributed by atoms with E-state index in [9.17, 15) is 4.39 Å². The van der Waals surface area contributed by atoms with Gasteiger partial charge in [-0.05, 0) is 23.8 Å². The lowest BCUT2D eigenvalue weighted by Gasteiger charge is -2.07. The number of hydrogen-bond acceptors (Lipinski definition) is 3. The molecule has 2 rings (SSSR count). The maximum absolute atomic E-state index is 13.5. The molecule has 0 saturated carbocycles. The number of pyridine rings is 1. The third-order valence-electron chi connectivity index (χ3n) is 2.20. The number of rotatable bonds is 4. The zero-order chi connectivity index (χ0) is 13.0. The van der Waals surface area contributed by atoms with Crippen LogP contribution in [0, 0.1) is 5.82 Å². The largest absolute Gasteiger partial charge is 0.436 e. The van der Waals surface area contributed by atoms with Crippen molar-refractivity contribution >= 4 is 11.6 Å². The van der Waals surface area contributed by atoms with Crippen LogP contribution >= 0.6 is 11.6 Å². The average Bonchev–Trinajstić information content (AvgIpc) is 2.34. The number of nitrogens with zero attached hydrogens (tertiary/aromatic N) is 1. The molecule has 0 saturated heterocycles. The molecule has 0 aliphatic carbocycles. The van der Waals surface area contributed by atoms with E-state index in [0.717, 1.165) is 11.6 Å². The van der Waals surface area contributed by atoms with Gasteiger partial charge in [0.25, 0.3) is 5.88 Å². The van der Waals surface area contributed by atoms with Crippen LogP contribution in [0.2, 0.25) is 5.02 Å². The van der Waals surface area contributed by atoms with Crippen LogP contribution in [0.5, 0.6) is 11.6 Å². The molecule has 0 fully saturated rings. The molecule has 3 nitrogen and oxygen atoms in total. The second-order valence-electron chi connectivity index (χ2n) is 3.62. The van der Waals surface area contributed by atoms with Crippen LogP contribution in [-0.4, -0.2) is 12.1 Å². The maximum Gasteiger partial charge on any atom is 0.255 e. The van der Waals surface area contributed by atoms with Crippen molar-refractivity contribution in [3.63, 3.8) is 0 Å². The number of aromatic nitrogens is 1. The predicted octanol–water partition coefficient (Wildman–Crippen LogP) is 3.81. The fourth-order valence-electron chi connectivity index (χ4n) is 1.45. The molecule has 0 spiro atoms. The van der Waals surface area contributed by atoms with Gasteiger partial charge >= 0.3 is 0 Å². The normalized spacial score (nSPS) is 10.4. The van der Waals surface area contributed by atoms with Crippen LogP contribution in [0.3, 0.4) is 0 Å². The molecule has 94 valence electrons. The van der Waals surface area contributed by atoms with Gasteiger partial charge in [-0.1, -0.05) is 23.7 Å². The van der Waals surface area contributed by atoms with Crippen LogP contribution in [0.4, 0.5) is 4.39 Å². The number of hydrogen-bond donors (Lipinski definition) is 0. The summed E-state index contributed by atoms with van der Waals surface area (Å²) >= 11 is 5.61. The van der Waals surface area contributed by atoms with Gasteiger partial charge in [0, 0.05) is 13.3 Å². The molecule has 0 amide bonds. The standard InChI is InChI=1S/C13H11ClFNO2/c1-17-8-9-3-2-4-11(5-9)18-13-12(15)6-10(14)7-16-13/h2-7H,8H2,1H3. The lowest BCUT2D eigenvalue weighted by molar-refractivity contribution is 0.184. The molecule has 1 aromatic carbocycles. The van der Waals surface area contributed by atoms with Gasteiger partial charge in [0.1, 0.15) is 5.75 Å². The molecular formula is C13H11ClFNO2. The predicted molar refractivity (Wildman–Crippen MR) is 66.4 cm³/mol. The van der Waals surface area contributed by atoms with Crippen molar-refractivity contribution in [3.8, 4) is 11.6 Å².